The molecule has 2 aromatic carbocycles. The molecule has 1 heterocycles. The van der Waals surface area contributed by atoms with E-state index in [4.69, 9.17) is 4.42 Å². The Labute approximate surface area is 116 Å². The molecule has 1 aromatic heterocycles. The Morgan fingerprint density at radius 2 is 1.75 bits per heavy atom. The molecule has 0 N–H and O–H groups in total. The Morgan fingerprint density at radius 1 is 1.00 bits per heavy atom. The van der Waals surface area contributed by atoms with Crippen LogP contribution in [0.4, 0.5) is 0 Å². The van der Waals surface area contributed by atoms with Crippen molar-refractivity contribution < 1.29 is 9.21 Å². The molecule has 3 aromatic rings. The number of hydrogen-bond donors (Lipinski definition) is 0. The number of hydrogen-bond acceptors (Lipinski definition) is 3. The van der Waals surface area contributed by atoms with E-state index in [0.717, 1.165) is 16.8 Å². The monoisotopic (exact) mass is 263 g/mol. The largest absolute Gasteiger partial charge is 0.444 e. The van der Waals surface area contributed by atoms with Crippen LogP contribution >= 0.6 is 0 Å². The number of carbonyl (C=O) groups excluding carboxylic acids is 1. The predicted octanol–water partition coefficient (Wildman–Crippen LogP) is 4.21. The molecular weight excluding hydrogens is 250 g/mol. The van der Waals surface area contributed by atoms with Crippen LogP contribution in [0.2, 0.25) is 0 Å². The predicted molar refractivity (Wildman–Crippen MR) is 77.4 cm³/mol. The summed E-state index contributed by atoms with van der Waals surface area (Å²) in [6.07, 6.45) is 1.63. The lowest BCUT2D eigenvalue weighted by molar-refractivity contribution is 0.101. The molecule has 20 heavy (non-hydrogen) atoms. The number of Topliss-reactive ketones (excluding diaryl/α,β-unsaturated/α-hetero) is 1. The van der Waals surface area contributed by atoms with Gasteiger partial charge in [-0.05, 0) is 19.1 Å². The van der Waals surface area contributed by atoms with Gasteiger partial charge in [0, 0.05) is 16.7 Å². The SMILES string of the molecule is CC(=O)c1cccc(-c2nc(-c3ccccc3)co2)c1. The number of benzene rings is 2. The third-order valence-electron chi connectivity index (χ3n) is 3.09. The Hall–Kier alpha value is -2.68. The Balaban J connectivity index is 1.98. The van der Waals surface area contributed by atoms with Crippen molar-refractivity contribution in [3.8, 4) is 22.7 Å². The summed E-state index contributed by atoms with van der Waals surface area (Å²) in [4.78, 5) is 15.9. The topological polar surface area (TPSA) is 43.1 Å². The fourth-order valence-corrected chi connectivity index (χ4v) is 2.02. The summed E-state index contributed by atoms with van der Waals surface area (Å²) < 4.78 is 5.52. The van der Waals surface area contributed by atoms with Gasteiger partial charge in [0.05, 0.1) is 0 Å². The molecule has 0 bridgehead atoms. The average molecular weight is 263 g/mol. The molecule has 0 radical (unpaired) electrons. The Kier molecular flexibility index (Phi) is 3.17. The number of oxazole rings is 1. The lowest BCUT2D eigenvalue weighted by atomic mass is 10.1. The second kappa shape index (κ2) is 5.13. The molecule has 0 fully saturated rings. The highest BCUT2D eigenvalue weighted by Gasteiger charge is 2.09. The van der Waals surface area contributed by atoms with Crippen LogP contribution in [0.15, 0.2) is 65.3 Å². The minimum Gasteiger partial charge on any atom is -0.444 e. The van der Waals surface area contributed by atoms with Gasteiger partial charge in [-0.2, -0.15) is 0 Å². The number of ketones is 1. The molecule has 0 aliphatic carbocycles. The molecule has 3 nitrogen and oxygen atoms in total. The van der Waals surface area contributed by atoms with E-state index in [9.17, 15) is 4.79 Å². The van der Waals surface area contributed by atoms with Crippen LogP contribution in [0.3, 0.4) is 0 Å². The van der Waals surface area contributed by atoms with Gasteiger partial charge >= 0.3 is 0 Å². The molecular formula is C17H13NO2. The van der Waals surface area contributed by atoms with Crippen LogP contribution in [0.1, 0.15) is 17.3 Å². The first-order valence-electron chi connectivity index (χ1n) is 6.36. The second-order valence-electron chi connectivity index (χ2n) is 4.54. The van der Waals surface area contributed by atoms with Gasteiger partial charge in [-0.3, -0.25) is 4.79 Å². The number of aromatic nitrogens is 1. The highest BCUT2D eigenvalue weighted by Crippen LogP contribution is 2.25. The van der Waals surface area contributed by atoms with E-state index in [1.807, 2.05) is 42.5 Å². The zero-order chi connectivity index (χ0) is 13.9. The fraction of sp³-hybridized carbons (Fsp3) is 0.0588. The molecule has 0 aliphatic heterocycles. The van der Waals surface area contributed by atoms with E-state index < -0.39 is 0 Å². The van der Waals surface area contributed by atoms with Crippen molar-refractivity contribution in [2.75, 3.05) is 0 Å². The maximum Gasteiger partial charge on any atom is 0.226 e. The van der Waals surface area contributed by atoms with Crippen LogP contribution in [-0.4, -0.2) is 10.8 Å². The molecule has 0 saturated heterocycles. The molecule has 0 amide bonds. The van der Waals surface area contributed by atoms with Gasteiger partial charge < -0.3 is 4.42 Å². The van der Waals surface area contributed by atoms with E-state index in [-0.39, 0.29) is 5.78 Å². The number of rotatable bonds is 3. The quantitative estimate of drug-likeness (QED) is 0.665. The molecule has 0 atom stereocenters. The highest BCUT2D eigenvalue weighted by atomic mass is 16.3. The molecule has 3 rings (SSSR count). The zero-order valence-electron chi connectivity index (χ0n) is 11.0. The first kappa shape index (κ1) is 12.4. The van der Waals surface area contributed by atoms with E-state index in [2.05, 4.69) is 4.98 Å². The second-order valence-corrected chi connectivity index (χ2v) is 4.54. The maximum atomic E-state index is 11.4. The maximum absolute atomic E-state index is 11.4. The van der Waals surface area contributed by atoms with Crippen LogP contribution in [0, 0.1) is 0 Å². The highest BCUT2D eigenvalue weighted by molar-refractivity contribution is 5.95. The van der Waals surface area contributed by atoms with Crippen molar-refractivity contribution in [2.24, 2.45) is 0 Å². The van der Waals surface area contributed by atoms with E-state index >= 15 is 0 Å². The van der Waals surface area contributed by atoms with E-state index in [0.29, 0.717) is 11.5 Å². The van der Waals surface area contributed by atoms with Gasteiger partial charge in [-0.25, -0.2) is 4.98 Å². The average Bonchev–Trinajstić information content (AvgIpc) is 2.98. The molecule has 0 aliphatic rings. The first-order chi connectivity index (χ1) is 9.74. The fourth-order valence-electron chi connectivity index (χ4n) is 2.02. The Morgan fingerprint density at radius 3 is 2.50 bits per heavy atom. The summed E-state index contributed by atoms with van der Waals surface area (Å²) in [5.74, 6) is 0.550. The number of nitrogens with zero attached hydrogens (tertiary/aromatic N) is 1. The third kappa shape index (κ3) is 2.38. The summed E-state index contributed by atoms with van der Waals surface area (Å²) in [5.41, 5.74) is 3.25. The number of carbonyl (C=O) groups is 1. The van der Waals surface area contributed by atoms with Gasteiger partial charge in [0.15, 0.2) is 5.78 Å². The molecule has 0 unspecified atom stereocenters. The van der Waals surface area contributed by atoms with Crippen LogP contribution in [0.25, 0.3) is 22.7 Å². The van der Waals surface area contributed by atoms with Gasteiger partial charge in [-0.15, -0.1) is 0 Å². The summed E-state index contributed by atoms with van der Waals surface area (Å²) >= 11 is 0. The molecule has 0 saturated carbocycles. The molecule has 0 spiro atoms. The standard InChI is InChI=1S/C17H13NO2/c1-12(19)14-8-5-9-15(10-14)17-18-16(11-20-17)13-6-3-2-4-7-13/h2-11H,1H3. The molecule has 3 heteroatoms. The van der Waals surface area contributed by atoms with Crippen LogP contribution in [0.5, 0.6) is 0 Å². The third-order valence-corrected chi connectivity index (χ3v) is 3.09. The summed E-state index contributed by atoms with van der Waals surface area (Å²) in [6.45, 7) is 1.55. The lowest BCUT2D eigenvalue weighted by Gasteiger charge is -1.98. The van der Waals surface area contributed by atoms with Crippen LogP contribution < -0.4 is 0 Å². The van der Waals surface area contributed by atoms with Crippen molar-refractivity contribution >= 4 is 5.78 Å². The van der Waals surface area contributed by atoms with Gasteiger partial charge in [0.2, 0.25) is 5.89 Å². The van der Waals surface area contributed by atoms with E-state index in [1.165, 1.54) is 0 Å². The summed E-state index contributed by atoms with van der Waals surface area (Å²) in [7, 11) is 0. The summed E-state index contributed by atoms with van der Waals surface area (Å²) in [6, 6.07) is 17.1. The van der Waals surface area contributed by atoms with Gasteiger partial charge in [0.1, 0.15) is 12.0 Å². The lowest BCUT2D eigenvalue weighted by Crippen LogP contribution is -1.91. The van der Waals surface area contributed by atoms with Crippen molar-refractivity contribution in [3.63, 3.8) is 0 Å². The zero-order valence-corrected chi connectivity index (χ0v) is 11.0. The molecule has 98 valence electrons. The normalized spacial score (nSPS) is 10.4. The minimum absolute atomic E-state index is 0.0293. The first-order valence-corrected chi connectivity index (χ1v) is 6.36. The minimum atomic E-state index is 0.0293. The van der Waals surface area contributed by atoms with Crippen molar-refractivity contribution in [2.45, 2.75) is 6.92 Å². The van der Waals surface area contributed by atoms with Crippen LogP contribution in [-0.2, 0) is 0 Å². The van der Waals surface area contributed by atoms with Gasteiger partial charge in [0.25, 0.3) is 0 Å². The van der Waals surface area contributed by atoms with Crippen molar-refractivity contribution in [1.82, 2.24) is 4.98 Å². The van der Waals surface area contributed by atoms with Gasteiger partial charge in [-0.1, -0.05) is 42.5 Å². The smallest absolute Gasteiger partial charge is 0.226 e. The summed E-state index contributed by atoms with van der Waals surface area (Å²) in [5, 5.41) is 0. The van der Waals surface area contributed by atoms with E-state index in [1.54, 1.807) is 25.3 Å². The van der Waals surface area contributed by atoms with Crippen molar-refractivity contribution in [1.29, 1.82) is 0 Å². The van der Waals surface area contributed by atoms with Crippen molar-refractivity contribution in [3.05, 3.63) is 66.4 Å². The Bertz CT molecular complexity index is 744.